The molecule has 0 fully saturated rings. The molecule has 0 aromatic heterocycles. The molecule has 2 aromatic rings. The highest BCUT2D eigenvalue weighted by molar-refractivity contribution is 5.97. The lowest BCUT2D eigenvalue weighted by Crippen LogP contribution is -2.20. The smallest absolute Gasteiger partial charge is 0.170 e. The van der Waals surface area contributed by atoms with Gasteiger partial charge in [0.1, 0.15) is 12.4 Å². The molecular weight excluding hydrogens is 266 g/mol. The van der Waals surface area contributed by atoms with Crippen LogP contribution in [0.2, 0.25) is 0 Å². The average Bonchev–Trinajstić information content (AvgIpc) is 2.55. The second-order valence-corrected chi connectivity index (χ2v) is 4.52. The zero-order valence-electron chi connectivity index (χ0n) is 11.7. The SMILES string of the molecule is NC(=NO)c1ccc(OCCNCc2ccccc2)cc1. The van der Waals surface area contributed by atoms with E-state index < -0.39 is 0 Å². The number of hydrogen-bond acceptors (Lipinski definition) is 4. The molecule has 0 saturated heterocycles. The lowest BCUT2D eigenvalue weighted by molar-refractivity contribution is 0.313. The van der Waals surface area contributed by atoms with Gasteiger partial charge in [-0.2, -0.15) is 0 Å². The summed E-state index contributed by atoms with van der Waals surface area (Å²) in [6.07, 6.45) is 0. The van der Waals surface area contributed by atoms with Gasteiger partial charge in [0.2, 0.25) is 0 Å². The van der Waals surface area contributed by atoms with Gasteiger partial charge < -0.3 is 21.0 Å². The first-order valence-electron chi connectivity index (χ1n) is 6.75. The first-order valence-corrected chi connectivity index (χ1v) is 6.75. The third-order valence-electron chi connectivity index (χ3n) is 2.98. The fraction of sp³-hybridized carbons (Fsp3) is 0.188. The molecule has 2 aromatic carbocycles. The van der Waals surface area contributed by atoms with Crippen LogP contribution in [0.3, 0.4) is 0 Å². The quantitative estimate of drug-likeness (QED) is 0.239. The predicted molar refractivity (Wildman–Crippen MR) is 82.6 cm³/mol. The van der Waals surface area contributed by atoms with Crippen molar-refractivity contribution in [3.63, 3.8) is 0 Å². The van der Waals surface area contributed by atoms with Crippen molar-refractivity contribution in [1.29, 1.82) is 0 Å². The first-order chi connectivity index (χ1) is 10.3. The van der Waals surface area contributed by atoms with Crippen LogP contribution in [0.15, 0.2) is 59.8 Å². The molecule has 5 nitrogen and oxygen atoms in total. The Balaban J connectivity index is 1.69. The molecule has 4 N–H and O–H groups in total. The topological polar surface area (TPSA) is 79.9 Å². The molecule has 0 aliphatic carbocycles. The van der Waals surface area contributed by atoms with Crippen molar-refractivity contribution in [2.75, 3.05) is 13.2 Å². The van der Waals surface area contributed by atoms with Gasteiger partial charge in [-0.3, -0.25) is 0 Å². The van der Waals surface area contributed by atoms with E-state index in [1.807, 2.05) is 18.2 Å². The van der Waals surface area contributed by atoms with Crippen LogP contribution in [-0.4, -0.2) is 24.2 Å². The Morgan fingerprint density at radius 3 is 2.48 bits per heavy atom. The van der Waals surface area contributed by atoms with Gasteiger partial charge in [0.25, 0.3) is 0 Å². The number of ether oxygens (including phenoxy) is 1. The number of amidine groups is 1. The maximum absolute atomic E-state index is 8.58. The van der Waals surface area contributed by atoms with Gasteiger partial charge in [-0.15, -0.1) is 0 Å². The average molecular weight is 285 g/mol. The molecule has 0 aliphatic rings. The summed E-state index contributed by atoms with van der Waals surface area (Å²) in [6.45, 7) is 2.17. The highest BCUT2D eigenvalue weighted by Crippen LogP contribution is 2.11. The van der Waals surface area contributed by atoms with E-state index in [9.17, 15) is 0 Å². The van der Waals surface area contributed by atoms with Crippen LogP contribution in [0, 0.1) is 0 Å². The van der Waals surface area contributed by atoms with E-state index >= 15 is 0 Å². The molecule has 0 bridgehead atoms. The highest BCUT2D eigenvalue weighted by atomic mass is 16.5. The lowest BCUT2D eigenvalue weighted by atomic mass is 10.2. The summed E-state index contributed by atoms with van der Waals surface area (Å²) < 4.78 is 5.61. The Labute approximate surface area is 124 Å². The number of oxime groups is 1. The Morgan fingerprint density at radius 2 is 1.81 bits per heavy atom. The normalized spacial score (nSPS) is 11.3. The van der Waals surface area contributed by atoms with Gasteiger partial charge in [-0.05, 0) is 29.8 Å². The van der Waals surface area contributed by atoms with Crippen molar-refractivity contribution in [2.45, 2.75) is 6.54 Å². The fourth-order valence-electron chi connectivity index (χ4n) is 1.85. The van der Waals surface area contributed by atoms with Gasteiger partial charge in [0.05, 0.1) is 0 Å². The summed E-state index contributed by atoms with van der Waals surface area (Å²) in [5.74, 6) is 0.845. The molecule has 2 rings (SSSR count). The van der Waals surface area contributed by atoms with Crippen molar-refractivity contribution in [3.8, 4) is 5.75 Å². The Kier molecular flexibility index (Phi) is 5.60. The van der Waals surface area contributed by atoms with Crippen LogP contribution < -0.4 is 15.8 Å². The zero-order chi connectivity index (χ0) is 14.9. The number of nitrogens with one attached hydrogen (secondary N) is 1. The van der Waals surface area contributed by atoms with Crippen molar-refractivity contribution >= 4 is 5.84 Å². The zero-order valence-corrected chi connectivity index (χ0v) is 11.7. The lowest BCUT2D eigenvalue weighted by Gasteiger charge is -2.08. The third-order valence-corrected chi connectivity index (χ3v) is 2.98. The molecule has 5 heteroatoms. The van der Waals surface area contributed by atoms with E-state index in [-0.39, 0.29) is 5.84 Å². The van der Waals surface area contributed by atoms with Crippen molar-refractivity contribution in [2.24, 2.45) is 10.9 Å². The highest BCUT2D eigenvalue weighted by Gasteiger charge is 1.99. The number of benzene rings is 2. The summed E-state index contributed by atoms with van der Waals surface area (Å²) in [5, 5.41) is 14.8. The summed E-state index contributed by atoms with van der Waals surface area (Å²) in [6, 6.07) is 17.3. The number of hydrogen-bond donors (Lipinski definition) is 3. The Bertz CT molecular complexity index is 568. The largest absolute Gasteiger partial charge is 0.492 e. The van der Waals surface area contributed by atoms with Gasteiger partial charge in [0, 0.05) is 18.7 Å². The van der Waals surface area contributed by atoms with Crippen LogP contribution in [0.4, 0.5) is 0 Å². The van der Waals surface area contributed by atoms with Gasteiger partial charge in [0.15, 0.2) is 5.84 Å². The molecule has 110 valence electrons. The summed E-state index contributed by atoms with van der Waals surface area (Å²) in [5.41, 5.74) is 7.40. The molecule has 0 spiro atoms. The molecule has 0 unspecified atom stereocenters. The van der Waals surface area contributed by atoms with Gasteiger partial charge >= 0.3 is 0 Å². The van der Waals surface area contributed by atoms with Crippen LogP contribution >= 0.6 is 0 Å². The maximum Gasteiger partial charge on any atom is 0.170 e. The van der Waals surface area contributed by atoms with Crippen LogP contribution in [0.5, 0.6) is 5.75 Å². The Hall–Kier alpha value is -2.53. The van der Waals surface area contributed by atoms with E-state index in [1.165, 1.54) is 5.56 Å². The van der Waals surface area contributed by atoms with E-state index in [4.69, 9.17) is 15.7 Å². The molecule has 0 atom stereocenters. The van der Waals surface area contributed by atoms with E-state index in [0.717, 1.165) is 18.8 Å². The van der Waals surface area contributed by atoms with Crippen molar-refractivity contribution in [3.05, 3.63) is 65.7 Å². The third kappa shape index (κ3) is 4.81. The summed E-state index contributed by atoms with van der Waals surface area (Å²) in [4.78, 5) is 0. The first kappa shape index (κ1) is 14.9. The van der Waals surface area contributed by atoms with Crippen molar-refractivity contribution in [1.82, 2.24) is 5.32 Å². The van der Waals surface area contributed by atoms with Crippen LogP contribution in [0.1, 0.15) is 11.1 Å². The second-order valence-electron chi connectivity index (χ2n) is 4.52. The van der Waals surface area contributed by atoms with Gasteiger partial charge in [-0.1, -0.05) is 35.5 Å². The molecule has 0 amide bonds. The van der Waals surface area contributed by atoms with E-state index in [0.29, 0.717) is 12.2 Å². The molecule has 0 aliphatic heterocycles. The monoisotopic (exact) mass is 285 g/mol. The molecule has 0 heterocycles. The van der Waals surface area contributed by atoms with Crippen molar-refractivity contribution < 1.29 is 9.94 Å². The Morgan fingerprint density at radius 1 is 1.10 bits per heavy atom. The molecule has 0 radical (unpaired) electrons. The minimum atomic E-state index is 0.0890. The minimum Gasteiger partial charge on any atom is -0.492 e. The predicted octanol–water partition coefficient (Wildman–Crippen LogP) is 1.95. The maximum atomic E-state index is 8.58. The number of nitrogens with two attached hydrogens (primary N) is 1. The van der Waals surface area contributed by atoms with Crippen LogP contribution in [-0.2, 0) is 6.54 Å². The van der Waals surface area contributed by atoms with Crippen LogP contribution in [0.25, 0.3) is 0 Å². The molecular formula is C16H19N3O2. The number of rotatable bonds is 7. The fourth-order valence-corrected chi connectivity index (χ4v) is 1.85. The van der Waals surface area contributed by atoms with E-state index in [2.05, 4.69) is 22.6 Å². The minimum absolute atomic E-state index is 0.0890. The molecule has 0 saturated carbocycles. The standard InChI is InChI=1S/C16H19N3O2/c17-16(19-20)14-6-8-15(9-7-14)21-11-10-18-12-13-4-2-1-3-5-13/h1-9,18,20H,10-12H2,(H2,17,19). The number of nitrogens with zero attached hydrogens (tertiary/aromatic N) is 1. The summed E-state index contributed by atoms with van der Waals surface area (Å²) in [7, 11) is 0. The second kappa shape index (κ2) is 7.91. The molecule has 21 heavy (non-hydrogen) atoms. The van der Waals surface area contributed by atoms with E-state index in [1.54, 1.807) is 24.3 Å². The van der Waals surface area contributed by atoms with Gasteiger partial charge in [-0.25, -0.2) is 0 Å². The summed E-state index contributed by atoms with van der Waals surface area (Å²) >= 11 is 0.